The average Bonchev–Trinajstić information content (AvgIpc) is 3.05. The average molecular weight is 410 g/mol. The second-order valence-corrected chi connectivity index (χ2v) is 8.62. The summed E-state index contributed by atoms with van der Waals surface area (Å²) in [6.45, 7) is 6.90. The highest BCUT2D eigenvalue weighted by Crippen LogP contribution is 2.42. The molecule has 0 heterocycles. The zero-order chi connectivity index (χ0) is 21.8. The number of amides is 2. The fourth-order valence-corrected chi connectivity index (χ4v) is 3.44. The van der Waals surface area contributed by atoms with Crippen molar-refractivity contribution >= 4 is 23.5 Å². The van der Waals surface area contributed by atoms with Gasteiger partial charge in [-0.25, -0.2) is 8.78 Å². The summed E-state index contributed by atoms with van der Waals surface area (Å²) in [5.41, 5.74) is -1.74. The van der Waals surface area contributed by atoms with Gasteiger partial charge in [0.25, 0.3) is 5.91 Å². The summed E-state index contributed by atoms with van der Waals surface area (Å²) < 4.78 is 32.3. The molecule has 6 nitrogen and oxygen atoms in total. The first-order chi connectivity index (χ1) is 13.4. The van der Waals surface area contributed by atoms with E-state index >= 15 is 0 Å². The monoisotopic (exact) mass is 410 g/mol. The van der Waals surface area contributed by atoms with Crippen molar-refractivity contribution < 1.29 is 27.9 Å². The third-order valence-electron chi connectivity index (χ3n) is 4.85. The van der Waals surface area contributed by atoms with Gasteiger partial charge in [-0.1, -0.05) is 12.8 Å². The van der Waals surface area contributed by atoms with Crippen molar-refractivity contribution in [1.82, 2.24) is 5.32 Å². The van der Waals surface area contributed by atoms with Crippen LogP contribution in [0.5, 0.6) is 0 Å². The molecule has 1 aromatic rings. The second kappa shape index (κ2) is 8.88. The summed E-state index contributed by atoms with van der Waals surface area (Å²) in [5, 5.41) is 5.06. The van der Waals surface area contributed by atoms with Gasteiger partial charge >= 0.3 is 5.97 Å². The van der Waals surface area contributed by atoms with Gasteiger partial charge in [0.1, 0.15) is 11.6 Å². The molecule has 1 aliphatic carbocycles. The Bertz CT molecular complexity index is 783. The summed E-state index contributed by atoms with van der Waals surface area (Å²) in [6, 6.07) is 2.67. The van der Waals surface area contributed by atoms with Crippen LogP contribution in [0.25, 0.3) is 0 Å². The van der Waals surface area contributed by atoms with Crippen LogP contribution < -0.4 is 10.6 Å². The molecule has 29 heavy (non-hydrogen) atoms. The Morgan fingerprint density at radius 1 is 1.17 bits per heavy atom. The third-order valence-corrected chi connectivity index (χ3v) is 4.85. The summed E-state index contributed by atoms with van der Waals surface area (Å²) in [4.78, 5) is 37.5. The van der Waals surface area contributed by atoms with Crippen LogP contribution in [-0.2, 0) is 19.1 Å². The first kappa shape index (κ1) is 22.8. The molecule has 2 N–H and O–H groups in total. The summed E-state index contributed by atoms with van der Waals surface area (Å²) in [7, 11) is 0. The molecule has 1 aliphatic rings. The minimum absolute atomic E-state index is 0.0179. The van der Waals surface area contributed by atoms with E-state index in [9.17, 15) is 23.2 Å². The van der Waals surface area contributed by atoms with Crippen molar-refractivity contribution in [1.29, 1.82) is 0 Å². The molecule has 0 aromatic heterocycles. The van der Waals surface area contributed by atoms with Gasteiger partial charge in [0.05, 0.1) is 11.1 Å². The fourth-order valence-electron chi connectivity index (χ4n) is 3.44. The van der Waals surface area contributed by atoms with E-state index in [1.165, 1.54) is 6.92 Å². The predicted octanol–water partition coefficient (Wildman–Crippen LogP) is 3.70. The van der Waals surface area contributed by atoms with Gasteiger partial charge in [0, 0.05) is 18.0 Å². The predicted molar refractivity (Wildman–Crippen MR) is 104 cm³/mol. The number of benzene rings is 1. The number of carbonyl (C=O) groups excluding carboxylic acids is 3. The van der Waals surface area contributed by atoms with Gasteiger partial charge in [-0.05, 0) is 52.7 Å². The molecule has 0 spiro atoms. The van der Waals surface area contributed by atoms with Crippen molar-refractivity contribution in [2.24, 2.45) is 5.41 Å². The number of hydrogen-bond donors (Lipinski definition) is 2. The zero-order valence-corrected chi connectivity index (χ0v) is 17.2. The maximum absolute atomic E-state index is 13.7. The van der Waals surface area contributed by atoms with Crippen molar-refractivity contribution in [3.8, 4) is 0 Å². The van der Waals surface area contributed by atoms with Crippen LogP contribution in [0.4, 0.5) is 14.5 Å². The summed E-state index contributed by atoms with van der Waals surface area (Å²) >= 11 is 0. The van der Waals surface area contributed by atoms with Gasteiger partial charge in [0.15, 0.2) is 6.10 Å². The zero-order valence-electron chi connectivity index (χ0n) is 17.2. The molecule has 1 fully saturated rings. The molecule has 8 heteroatoms. The first-order valence-electron chi connectivity index (χ1n) is 9.70. The van der Waals surface area contributed by atoms with Crippen molar-refractivity contribution in [3.63, 3.8) is 0 Å². The smallest absolute Gasteiger partial charge is 0.313 e. The number of nitrogens with one attached hydrogen (secondary N) is 2. The van der Waals surface area contributed by atoms with Crippen LogP contribution in [0.1, 0.15) is 59.8 Å². The van der Waals surface area contributed by atoms with Crippen molar-refractivity contribution in [3.05, 3.63) is 29.8 Å². The molecule has 0 saturated heterocycles. The molecule has 1 saturated carbocycles. The molecule has 1 atom stereocenters. The standard InChI is InChI=1S/C21H28F2N2O4/c1-13(18(27)24-16-11-14(22)7-8-15(16)23)29-19(28)21(9-5-6-10-21)12-17(26)25-20(2,3)4/h7-8,11,13H,5-6,9-10,12H2,1-4H3,(H,24,27)(H,25,26)/t13-/m1/s1. The Morgan fingerprint density at radius 3 is 2.38 bits per heavy atom. The highest BCUT2D eigenvalue weighted by Gasteiger charge is 2.45. The number of hydrogen-bond acceptors (Lipinski definition) is 4. The van der Waals surface area contributed by atoms with Crippen LogP contribution >= 0.6 is 0 Å². The number of ether oxygens (including phenoxy) is 1. The van der Waals surface area contributed by atoms with E-state index in [0.29, 0.717) is 12.8 Å². The van der Waals surface area contributed by atoms with E-state index in [0.717, 1.165) is 31.0 Å². The topological polar surface area (TPSA) is 84.5 Å². The first-order valence-corrected chi connectivity index (χ1v) is 9.70. The van der Waals surface area contributed by atoms with E-state index in [4.69, 9.17) is 4.74 Å². The van der Waals surface area contributed by atoms with Crippen LogP contribution in [0, 0.1) is 17.0 Å². The molecule has 160 valence electrons. The number of anilines is 1. The lowest BCUT2D eigenvalue weighted by Crippen LogP contribution is -2.45. The SMILES string of the molecule is C[C@@H](OC(=O)C1(CC(=O)NC(C)(C)C)CCCC1)C(=O)Nc1cc(F)ccc1F. The number of halogens is 2. The minimum Gasteiger partial charge on any atom is -0.452 e. The molecule has 2 rings (SSSR count). The number of rotatable bonds is 6. The second-order valence-electron chi connectivity index (χ2n) is 8.62. The highest BCUT2D eigenvalue weighted by atomic mass is 19.1. The third kappa shape index (κ3) is 6.24. The highest BCUT2D eigenvalue weighted by molar-refractivity contribution is 5.96. The summed E-state index contributed by atoms with van der Waals surface area (Å²) in [6.07, 6.45) is 1.32. The lowest BCUT2D eigenvalue weighted by atomic mass is 9.82. The lowest BCUT2D eigenvalue weighted by Gasteiger charge is -2.29. The van der Waals surface area contributed by atoms with E-state index in [-0.39, 0.29) is 18.0 Å². The van der Waals surface area contributed by atoms with Gasteiger partial charge in [0.2, 0.25) is 5.91 Å². The van der Waals surface area contributed by atoms with Crippen LogP contribution in [0.3, 0.4) is 0 Å². The molecule has 0 unspecified atom stereocenters. The van der Waals surface area contributed by atoms with Gasteiger partial charge in [-0.2, -0.15) is 0 Å². The van der Waals surface area contributed by atoms with Gasteiger partial charge in [-0.15, -0.1) is 0 Å². The van der Waals surface area contributed by atoms with E-state index in [1.54, 1.807) is 0 Å². The minimum atomic E-state index is -1.23. The van der Waals surface area contributed by atoms with Gasteiger partial charge in [-0.3, -0.25) is 14.4 Å². The van der Waals surface area contributed by atoms with Crippen LogP contribution in [0.2, 0.25) is 0 Å². The van der Waals surface area contributed by atoms with E-state index in [1.807, 2.05) is 20.8 Å². The van der Waals surface area contributed by atoms with E-state index < -0.39 is 40.6 Å². The molecule has 0 aliphatic heterocycles. The number of carbonyl (C=O) groups is 3. The molecule has 2 amide bonds. The largest absolute Gasteiger partial charge is 0.452 e. The number of esters is 1. The molecular weight excluding hydrogens is 382 g/mol. The Hall–Kier alpha value is -2.51. The lowest BCUT2D eigenvalue weighted by molar-refractivity contribution is -0.165. The molecule has 0 bridgehead atoms. The quantitative estimate of drug-likeness (QED) is 0.701. The van der Waals surface area contributed by atoms with Crippen LogP contribution in [0.15, 0.2) is 18.2 Å². The fraction of sp³-hybridized carbons (Fsp3) is 0.571. The van der Waals surface area contributed by atoms with Crippen molar-refractivity contribution in [2.75, 3.05) is 5.32 Å². The Kier molecular flexibility index (Phi) is 6.97. The van der Waals surface area contributed by atoms with E-state index in [2.05, 4.69) is 10.6 Å². The maximum atomic E-state index is 13.7. The Balaban J connectivity index is 2.04. The normalized spacial score (nSPS) is 16.8. The maximum Gasteiger partial charge on any atom is 0.313 e. The Morgan fingerprint density at radius 2 is 1.79 bits per heavy atom. The molecular formula is C21H28F2N2O4. The summed E-state index contributed by atoms with van der Waals surface area (Å²) in [5.74, 6) is -3.17. The molecule has 0 radical (unpaired) electrons. The van der Waals surface area contributed by atoms with Crippen molar-refractivity contribution in [2.45, 2.75) is 71.4 Å². The van der Waals surface area contributed by atoms with Gasteiger partial charge < -0.3 is 15.4 Å². The Labute approximate surface area is 169 Å². The molecule has 1 aromatic carbocycles. The van der Waals surface area contributed by atoms with Crippen LogP contribution in [-0.4, -0.2) is 29.4 Å².